The van der Waals surface area contributed by atoms with Gasteiger partial charge in [0.05, 0.1) is 10.6 Å². The topological polar surface area (TPSA) is 38.7 Å². The van der Waals surface area contributed by atoms with E-state index < -0.39 is 12.5 Å². The van der Waals surface area contributed by atoms with Gasteiger partial charge in [-0.1, -0.05) is 0 Å². The highest BCUT2D eigenvalue weighted by Gasteiger charge is 2.32. The van der Waals surface area contributed by atoms with Crippen LogP contribution in [0, 0.1) is 0 Å². The first-order valence-corrected chi connectivity index (χ1v) is 6.54. The molecular weight excluding hydrogens is 329 g/mol. The average molecular weight is 341 g/mol. The van der Waals surface area contributed by atoms with E-state index in [-0.39, 0.29) is 16.3 Å². The van der Waals surface area contributed by atoms with Crippen molar-refractivity contribution in [1.29, 1.82) is 0 Å². The molecule has 2 unspecified atom stereocenters. The Hall–Kier alpha value is -0.950. The minimum atomic E-state index is -4.73. The van der Waals surface area contributed by atoms with Gasteiger partial charge in [0.1, 0.15) is 17.6 Å². The van der Waals surface area contributed by atoms with E-state index in [9.17, 15) is 18.3 Å². The molecule has 0 spiro atoms. The Balaban J connectivity index is 2.06. The molecule has 1 fully saturated rings. The summed E-state index contributed by atoms with van der Waals surface area (Å²) >= 11 is 3.00. The Morgan fingerprint density at radius 2 is 2.00 bits per heavy atom. The summed E-state index contributed by atoms with van der Waals surface area (Å²) in [4.78, 5) is 0. The molecule has 0 amide bonds. The number of halogens is 4. The molecule has 1 aromatic rings. The number of aliphatic hydroxyl groups is 1. The highest BCUT2D eigenvalue weighted by atomic mass is 79.9. The molecule has 1 aromatic carbocycles. The fourth-order valence-electron chi connectivity index (χ4n) is 1.98. The van der Waals surface area contributed by atoms with Crippen molar-refractivity contribution in [3.8, 4) is 11.5 Å². The summed E-state index contributed by atoms with van der Waals surface area (Å²) in [7, 11) is 0. The lowest BCUT2D eigenvalue weighted by atomic mass is 10.2. The van der Waals surface area contributed by atoms with E-state index >= 15 is 0 Å². The van der Waals surface area contributed by atoms with Crippen LogP contribution in [0.15, 0.2) is 22.7 Å². The summed E-state index contributed by atoms with van der Waals surface area (Å²) in [6.45, 7) is 0. The third-order valence-corrected chi connectivity index (χ3v) is 3.45. The summed E-state index contributed by atoms with van der Waals surface area (Å²) in [5.74, 6) is 0.0687. The molecule has 7 heteroatoms. The lowest BCUT2D eigenvalue weighted by Gasteiger charge is -2.18. The summed E-state index contributed by atoms with van der Waals surface area (Å²) in [5.41, 5.74) is 0. The number of hydrogen-bond donors (Lipinski definition) is 1. The average Bonchev–Trinajstić information content (AvgIpc) is 2.67. The molecule has 1 aliphatic carbocycles. The monoisotopic (exact) mass is 340 g/mol. The summed E-state index contributed by atoms with van der Waals surface area (Å²) in [6, 6.07) is 3.96. The minimum absolute atomic E-state index is 0.148. The summed E-state index contributed by atoms with van der Waals surface area (Å²) in [5, 5.41) is 9.62. The second-order valence-electron chi connectivity index (χ2n) is 4.29. The van der Waals surface area contributed by atoms with E-state index in [2.05, 4.69) is 20.7 Å². The third-order valence-electron chi connectivity index (χ3n) is 2.83. The Morgan fingerprint density at radius 3 is 2.53 bits per heavy atom. The molecule has 0 aliphatic heterocycles. The normalized spacial score (nSPS) is 23.4. The van der Waals surface area contributed by atoms with Crippen LogP contribution in [-0.2, 0) is 0 Å². The molecule has 1 aliphatic rings. The molecule has 19 heavy (non-hydrogen) atoms. The maximum Gasteiger partial charge on any atom is 0.573 e. The van der Waals surface area contributed by atoms with Gasteiger partial charge >= 0.3 is 6.36 Å². The third kappa shape index (κ3) is 4.01. The van der Waals surface area contributed by atoms with Crippen molar-refractivity contribution in [1.82, 2.24) is 0 Å². The van der Waals surface area contributed by atoms with Crippen molar-refractivity contribution in [2.75, 3.05) is 0 Å². The molecule has 2 rings (SSSR count). The zero-order chi connectivity index (χ0) is 14.0. The quantitative estimate of drug-likeness (QED) is 0.912. The second-order valence-corrected chi connectivity index (χ2v) is 5.15. The largest absolute Gasteiger partial charge is 0.573 e. The lowest BCUT2D eigenvalue weighted by molar-refractivity contribution is -0.274. The Bertz CT molecular complexity index is 450. The van der Waals surface area contributed by atoms with Crippen molar-refractivity contribution < 1.29 is 27.8 Å². The Morgan fingerprint density at radius 1 is 1.26 bits per heavy atom. The first-order valence-electron chi connectivity index (χ1n) is 5.75. The van der Waals surface area contributed by atoms with Gasteiger partial charge in [-0.15, -0.1) is 13.2 Å². The molecule has 0 heterocycles. The predicted octanol–water partition coefficient (Wildman–Crippen LogP) is 3.64. The van der Waals surface area contributed by atoms with Crippen LogP contribution in [0.25, 0.3) is 0 Å². The number of ether oxygens (including phenoxy) is 2. The zero-order valence-corrected chi connectivity index (χ0v) is 11.4. The first kappa shape index (κ1) is 14.5. The number of hydrogen-bond acceptors (Lipinski definition) is 3. The molecule has 2 atom stereocenters. The number of aliphatic hydroxyl groups excluding tert-OH is 1. The molecular formula is C12H12BrF3O3. The SMILES string of the molecule is OC1CCCC1Oc1ccc(OC(F)(F)F)c(Br)c1. The van der Waals surface area contributed by atoms with Gasteiger partial charge in [0, 0.05) is 0 Å². The highest BCUT2D eigenvalue weighted by Crippen LogP contribution is 2.34. The summed E-state index contributed by atoms with van der Waals surface area (Å²) in [6.07, 6.45) is -3.26. The van der Waals surface area contributed by atoms with E-state index in [4.69, 9.17) is 4.74 Å². The molecule has 0 saturated heterocycles. The van der Waals surface area contributed by atoms with E-state index in [1.54, 1.807) is 0 Å². The van der Waals surface area contributed by atoms with Gasteiger partial charge in [0.15, 0.2) is 0 Å². The van der Waals surface area contributed by atoms with E-state index in [1.165, 1.54) is 18.2 Å². The molecule has 106 valence electrons. The van der Waals surface area contributed by atoms with Crippen LogP contribution in [0.3, 0.4) is 0 Å². The van der Waals surface area contributed by atoms with E-state index in [0.717, 1.165) is 12.8 Å². The predicted molar refractivity (Wildman–Crippen MR) is 65.1 cm³/mol. The van der Waals surface area contributed by atoms with Gasteiger partial charge in [-0.3, -0.25) is 0 Å². The van der Waals surface area contributed by atoms with Gasteiger partial charge in [-0.05, 0) is 53.4 Å². The van der Waals surface area contributed by atoms with Crippen LogP contribution in [0.2, 0.25) is 0 Å². The number of alkyl halides is 3. The van der Waals surface area contributed by atoms with Crippen LogP contribution in [0.1, 0.15) is 19.3 Å². The number of benzene rings is 1. The van der Waals surface area contributed by atoms with Gasteiger partial charge in [0.2, 0.25) is 0 Å². The Kier molecular flexibility index (Phi) is 4.25. The van der Waals surface area contributed by atoms with Crippen LogP contribution < -0.4 is 9.47 Å². The van der Waals surface area contributed by atoms with Gasteiger partial charge in [-0.25, -0.2) is 0 Å². The molecule has 3 nitrogen and oxygen atoms in total. The first-order chi connectivity index (χ1) is 8.85. The van der Waals surface area contributed by atoms with Crippen LogP contribution in [0.4, 0.5) is 13.2 Å². The second kappa shape index (κ2) is 5.58. The molecule has 0 bridgehead atoms. The Labute approximate surface area is 116 Å². The van der Waals surface area contributed by atoms with Crippen LogP contribution >= 0.6 is 15.9 Å². The van der Waals surface area contributed by atoms with Gasteiger partial charge < -0.3 is 14.6 Å². The minimum Gasteiger partial charge on any atom is -0.488 e. The van der Waals surface area contributed by atoms with Crippen molar-refractivity contribution in [3.05, 3.63) is 22.7 Å². The number of rotatable bonds is 3. The van der Waals surface area contributed by atoms with Crippen molar-refractivity contribution in [2.45, 2.75) is 37.8 Å². The van der Waals surface area contributed by atoms with E-state index in [1.807, 2.05) is 0 Å². The van der Waals surface area contributed by atoms with Crippen molar-refractivity contribution in [3.63, 3.8) is 0 Å². The maximum absolute atomic E-state index is 12.1. The fraction of sp³-hybridized carbons (Fsp3) is 0.500. The van der Waals surface area contributed by atoms with E-state index in [0.29, 0.717) is 12.2 Å². The van der Waals surface area contributed by atoms with Crippen LogP contribution in [-0.4, -0.2) is 23.7 Å². The van der Waals surface area contributed by atoms with Crippen molar-refractivity contribution >= 4 is 15.9 Å². The smallest absolute Gasteiger partial charge is 0.488 e. The zero-order valence-electron chi connectivity index (χ0n) is 9.78. The fourth-order valence-corrected chi connectivity index (χ4v) is 2.42. The maximum atomic E-state index is 12.1. The molecule has 1 saturated carbocycles. The lowest BCUT2D eigenvalue weighted by Crippen LogP contribution is -2.25. The van der Waals surface area contributed by atoms with Crippen LogP contribution in [0.5, 0.6) is 11.5 Å². The highest BCUT2D eigenvalue weighted by molar-refractivity contribution is 9.10. The molecule has 0 aromatic heterocycles. The molecule has 1 N–H and O–H groups in total. The standard InChI is InChI=1S/C12H12BrF3O3/c13-8-6-7(18-11-3-1-2-9(11)17)4-5-10(8)19-12(14,15)16/h4-6,9,11,17H,1-3H2. The van der Waals surface area contributed by atoms with Gasteiger partial charge in [-0.2, -0.15) is 0 Å². The molecule has 0 radical (unpaired) electrons. The summed E-state index contributed by atoms with van der Waals surface area (Å²) < 4.78 is 45.8. The van der Waals surface area contributed by atoms with Gasteiger partial charge in [0.25, 0.3) is 0 Å². The van der Waals surface area contributed by atoms with Crippen molar-refractivity contribution in [2.24, 2.45) is 0 Å².